The third kappa shape index (κ3) is 1.59. The highest BCUT2D eigenvalue weighted by molar-refractivity contribution is 5.74. The van der Waals surface area contributed by atoms with Crippen molar-refractivity contribution in [1.82, 2.24) is 5.32 Å². The van der Waals surface area contributed by atoms with Crippen molar-refractivity contribution in [2.24, 2.45) is 4.99 Å². The van der Waals surface area contributed by atoms with Crippen molar-refractivity contribution in [3.05, 3.63) is 0 Å². The van der Waals surface area contributed by atoms with Crippen LogP contribution in [0.5, 0.6) is 0 Å². The molecule has 0 saturated carbocycles. The van der Waals surface area contributed by atoms with Gasteiger partial charge in [-0.25, -0.2) is 4.99 Å². The number of rotatable bonds is 1. The van der Waals surface area contributed by atoms with Crippen LogP contribution < -0.4 is 5.32 Å². The molecule has 0 amide bonds. The Labute approximate surface area is 55.1 Å². The van der Waals surface area contributed by atoms with E-state index in [-0.39, 0.29) is 0 Å². The molecular formula is C6H12N2O. The van der Waals surface area contributed by atoms with Crippen LogP contribution in [0.15, 0.2) is 4.99 Å². The van der Waals surface area contributed by atoms with Gasteiger partial charge in [0.2, 0.25) is 0 Å². The first kappa shape index (κ1) is 6.39. The number of hydrogen-bond donors (Lipinski definition) is 1. The van der Waals surface area contributed by atoms with Crippen molar-refractivity contribution in [2.75, 3.05) is 13.2 Å². The first-order valence-electron chi connectivity index (χ1n) is 3.27. The van der Waals surface area contributed by atoms with E-state index in [9.17, 15) is 0 Å². The lowest BCUT2D eigenvalue weighted by Gasteiger charge is -1.99. The molecule has 1 rings (SSSR count). The molecule has 0 aromatic carbocycles. The van der Waals surface area contributed by atoms with E-state index < -0.39 is 0 Å². The number of hydrogen-bond acceptors (Lipinski definition) is 3. The number of aliphatic imine (C=N–C) groups is 1. The maximum atomic E-state index is 5.14. The summed E-state index contributed by atoms with van der Waals surface area (Å²) < 4.78 is 5.14. The van der Waals surface area contributed by atoms with Gasteiger partial charge in [0.1, 0.15) is 6.61 Å². The Balaban J connectivity index is 2.33. The average molecular weight is 128 g/mol. The van der Waals surface area contributed by atoms with E-state index in [1.54, 1.807) is 0 Å². The molecule has 0 fully saturated rings. The molecule has 0 aliphatic carbocycles. The molecule has 0 radical (unpaired) electrons. The van der Waals surface area contributed by atoms with E-state index in [0.29, 0.717) is 12.1 Å². The molecule has 3 heteroatoms. The first-order chi connectivity index (χ1) is 4.33. The van der Waals surface area contributed by atoms with Gasteiger partial charge in [-0.15, -0.1) is 0 Å². The maximum absolute atomic E-state index is 5.14. The normalized spacial score (nSPS) is 25.1. The Morgan fingerprint density at radius 1 is 1.89 bits per heavy atom. The molecule has 9 heavy (non-hydrogen) atoms. The second kappa shape index (κ2) is 2.71. The molecule has 0 aromatic rings. The summed E-state index contributed by atoms with van der Waals surface area (Å²) in [4.78, 5) is 4.16. The molecule has 1 aliphatic heterocycles. The van der Waals surface area contributed by atoms with Crippen LogP contribution in [0.2, 0.25) is 0 Å². The minimum Gasteiger partial charge on any atom is -0.463 e. The molecule has 0 saturated heterocycles. The molecule has 0 bridgehead atoms. The van der Waals surface area contributed by atoms with E-state index in [4.69, 9.17) is 4.74 Å². The minimum absolute atomic E-state index is 0.332. The van der Waals surface area contributed by atoms with Gasteiger partial charge >= 0.3 is 0 Å². The highest BCUT2D eigenvalue weighted by Crippen LogP contribution is 1.99. The van der Waals surface area contributed by atoms with Crippen molar-refractivity contribution in [3.63, 3.8) is 0 Å². The van der Waals surface area contributed by atoms with Crippen LogP contribution >= 0.6 is 0 Å². The molecule has 1 aliphatic rings. The van der Waals surface area contributed by atoms with Gasteiger partial charge in [-0.3, -0.25) is 0 Å². The van der Waals surface area contributed by atoms with Crippen molar-refractivity contribution in [3.8, 4) is 0 Å². The lowest BCUT2D eigenvalue weighted by atomic mass is 10.4. The zero-order chi connectivity index (χ0) is 6.69. The van der Waals surface area contributed by atoms with Crippen molar-refractivity contribution in [1.29, 1.82) is 0 Å². The van der Waals surface area contributed by atoms with Crippen LogP contribution in [0.3, 0.4) is 0 Å². The fourth-order valence-corrected chi connectivity index (χ4v) is 0.722. The topological polar surface area (TPSA) is 33.6 Å². The summed E-state index contributed by atoms with van der Waals surface area (Å²) in [6.45, 7) is 5.66. The fraction of sp³-hybridized carbons (Fsp3) is 0.833. The Kier molecular flexibility index (Phi) is 1.92. The van der Waals surface area contributed by atoms with Crippen LogP contribution in [0.25, 0.3) is 0 Å². The molecule has 1 unspecified atom stereocenters. The smallest absolute Gasteiger partial charge is 0.285 e. The summed E-state index contributed by atoms with van der Waals surface area (Å²) in [5.74, 6) is 0. The van der Waals surface area contributed by atoms with Gasteiger partial charge in [0.05, 0.1) is 6.04 Å². The van der Waals surface area contributed by atoms with Gasteiger partial charge in [-0.2, -0.15) is 0 Å². The Morgan fingerprint density at radius 2 is 2.67 bits per heavy atom. The summed E-state index contributed by atoms with van der Waals surface area (Å²) in [6.07, 6.45) is 0. The van der Waals surface area contributed by atoms with Gasteiger partial charge in [-0.05, 0) is 13.8 Å². The van der Waals surface area contributed by atoms with Crippen molar-refractivity contribution < 1.29 is 4.74 Å². The summed E-state index contributed by atoms with van der Waals surface area (Å²) >= 11 is 0. The standard InChI is InChI=1S/C6H12N2O/c1-3-7-6-8-5(2)4-9-6/h5H,3-4H2,1-2H3,(H,7,8). The second-order valence-corrected chi connectivity index (χ2v) is 2.12. The molecule has 1 atom stereocenters. The van der Waals surface area contributed by atoms with Crippen LogP contribution in [-0.2, 0) is 4.74 Å². The summed E-state index contributed by atoms with van der Waals surface area (Å²) in [5, 5.41) is 3.00. The fourth-order valence-electron chi connectivity index (χ4n) is 0.722. The third-order valence-electron chi connectivity index (χ3n) is 1.13. The lowest BCUT2D eigenvalue weighted by molar-refractivity contribution is 0.311. The van der Waals surface area contributed by atoms with Gasteiger partial charge < -0.3 is 10.1 Å². The number of nitrogens with one attached hydrogen (secondary N) is 1. The van der Waals surface area contributed by atoms with E-state index in [0.717, 1.165) is 13.2 Å². The summed E-state index contributed by atoms with van der Waals surface area (Å²) in [6, 6.07) is 1.03. The molecule has 1 heterocycles. The third-order valence-corrected chi connectivity index (χ3v) is 1.13. The van der Waals surface area contributed by atoms with Crippen LogP contribution in [0, 0.1) is 0 Å². The highest BCUT2D eigenvalue weighted by Gasteiger charge is 2.11. The zero-order valence-corrected chi connectivity index (χ0v) is 5.85. The largest absolute Gasteiger partial charge is 0.463 e. The quantitative estimate of drug-likeness (QED) is 0.553. The number of ether oxygens (including phenoxy) is 1. The molecular weight excluding hydrogens is 116 g/mol. The maximum Gasteiger partial charge on any atom is 0.285 e. The minimum atomic E-state index is 0.332. The van der Waals surface area contributed by atoms with Gasteiger partial charge in [0, 0.05) is 6.54 Å². The van der Waals surface area contributed by atoms with E-state index in [1.807, 2.05) is 13.8 Å². The van der Waals surface area contributed by atoms with E-state index in [2.05, 4.69) is 10.3 Å². The van der Waals surface area contributed by atoms with Gasteiger partial charge in [0.15, 0.2) is 0 Å². The molecule has 0 spiro atoms. The average Bonchev–Trinajstić information content (AvgIpc) is 2.17. The molecule has 3 nitrogen and oxygen atoms in total. The van der Waals surface area contributed by atoms with Crippen LogP contribution in [0.1, 0.15) is 13.8 Å². The molecule has 52 valence electrons. The molecule has 0 aromatic heterocycles. The second-order valence-electron chi connectivity index (χ2n) is 2.12. The predicted octanol–water partition coefficient (Wildman–Crippen LogP) is 0.371. The predicted molar refractivity (Wildman–Crippen MR) is 36.5 cm³/mol. The number of amidine groups is 1. The lowest BCUT2D eigenvalue weighted by Crippen LogP contribution is -2.22. The van der Waals surface area contributed by atoms with Crippen LogP contribution in [0.4, 0.5) is 0 Å². The van der Waals surface area contributed by atoms with E-state index in [1.165, 1.54) is 0 Å². The Morgan fingerprint density at radius 3 is 3.11 bits per heavy atom. The summed E-state index contributed by atoms with van der Waals surface area (Å²) in [5.41, 5.74) is 0. The van der Waals surface area contributed by atoms with Gasteiger partial charge in [0.25, 0.3) is 6.02 Å². The monoisotopic (exact) mass is 128 g/mol. The Bertz CT molecular complexity index is 122. The number of nitrogens with zero attached hydrogens (tertiary/aromatic N) is 1. The zero-order valence-electron chi connectivity index (χ0n) is 5.85. The first-order valence-corrected chi connectivity index (χ1v) is 3.27. The van der Waals surface area contributed by atoms with Crippen molar-refractivity contribution >= 4 is 6.02 Å². The van der Waals surface area contributed by atoms with E-state index >= 15 is 0 Å². The van der Waals surface area contributed by atoms with Gasteiger partial charge in [-0.1, -0.05) is 0 Å². The highest BCUT2D eigenvalue weighted by atomic mass is 16.5. The summed E-state index contributed by atoms with van der Waals surface area (Å²) in [7, 11) is 0. The van der Waals surface area contributed by atoms with Crippen LogP contribution in [-0.4, -0.2) is 25.2 Å². The van der Waals surface area contributed by atoms with Crippen molar-refractivity contribution in [2.45, 2.75) is 19.9 Å². The SMILES string of the molecule is CCNC1=NC(C)CO1. The molecule has 1 N–H and O–H groups in total. The Hall–Kier alpha value is -0.730.